The maximum Gasteiger partial charge on any atom is 0.222 e. The highest BCUT2D eigenvalue weighted by Crippen LogP contribution is 2.27. The number of carbonyl (C=O) groups excluding carboxylic acids is 1. The second-order valence-electron chi connectivity index (χ2n) is 4.21. The van der Waals surface area contributed by atoms with Crippen LogP contribution in [0.1, 0.15) is 21.7 Å². The standard InChI is InChI=1S/C13H13ClN2O4S/c14-13-10(6-15-7-11-2-1-3-20-11)4-9(8-17)5-12(13)16-21(18)19/h1-5,8,15,21H,6-7H2,(H,16,18,19). The second kappa shape index (κ2) is 7.26. The molecule has 0 radical (unpaired) electrons. The van der Waals surface area contributed by atoms with Gasteiger partial charge >= 0.3 is 0 Å². The summed E-state index contributed by atoms with van der Waals surface area (Å²) in [7, 11) is -2.85. The zero-order chi connectivity index (χ0) is 15.2. The van der Waals surface area contributed by atoms with Crippen LogP contribution in [0, 0.1) is 0 Å². The van der Waals surface area contributed by atoms with Gasteiger partial charge in [-0.1, -0.05) is 11.6 Å². The molecular formula is C13H13ClN2O4S. The molecule has 0 aliphatic rings. The average Bonchev–Trinajstić information content (AvgIpc) is 2.95. The number of hydrogen-bond acceptors (Lipinski definition) is 5. The van der Waals surface area contributed by atoms with Crippen LogP contribution in [0.2, 0.25) is 5.02 Å². The Morgan fingerprint density at radius 1 is 1.29 bits per heavy atom. The Morgan fingerprint density at radius 2 is 2.10 bits per heavy atom. The third-order valence-corrected chi connectivity index (χ3v) is 3.58. The van der Waals surface area contributed by atoms with Gasteiger partial charge in [0.05, 0.1) is 23.5 Å². The molecule has 1 heterocycles. The summed E-state index contributed by atoms with van der Waals surface area (Å²) in [6.07, 6.45) is 2.21. The third kappa shape index (κ3) is 4.32. The van der Waals surface area contributed by atoms with E-state index in [4.69, 9.17) is 16.0 Å². The van der Waals surface area contributed by atoms with Gasteiger partial charge in [0.1, 0.15) is 12.0 Å². The van der Waals surface area contributed by atoms with Crippen LogP contribution in [0.5, 0.6) is 0 Å². The molecule has 112 valence electrons. The number of hydrogen-bond donors (Lipinski definition) is 3. The van der Waals surface area contributed by atoms with Crippen LogP contribution in [0.4, 0.5) is 5.69 Å². The van der Waals surface area contributed by atoms with Crippen LogP contribution in [0.15, 0.2) is 34.9 Å². The minimum Gasteiger partial charge on any atom is -0.468 e. The zero-order valence-corrected chi connectivity index (χ0v) is 12.5. The Kier molecular flexibility index (Phi) is 5.38. The van der Waals surface area contributed by atoms with Crippen LogP contribution >= 0.6 is 11.6 Å². The molecule has 2 rings (SSSR count). The van der Waals surface area contributed by atoms with Crippen molar-refractivity contribution in [3.63, 3.8) is 0 Å². The topological polar surface area (TPSA) is 88.4 Å². The highest BCUT2D eigenvalue weighted by molar-refractivity contribution is 7.73. The summed E-state index contributed by atoms with van der Waals surface area (Å²) in [5.41, 5.74) is 1.15. The summed E-state index contributed by atoms with van der Waals surface area (Å²) in [4.78, 5) is 10.9. The molecule has 6 nitrogen and oxygen atoms in total. The first-order valence-corrected chi connectivity index (χ1v) is 7.57. The predicted octanol–water partition coefficient (Wildman–Crippen LogP) is 1.97. The van der Waals surface area contributed by atoms with Crippen molar-refractivity contribution in [2.45, 2.75) is 13.1 Å². The summed E-state index contributed by atoms with van der Waals surface area (Å²) < 4.78 is 28.9. The second-order valence-corrected chi connectivity index (χ2v) is 5.33. The highest BCUT2D eigenvalue weighted by atomic mass is 35.5. The maximum absolute atomic E-state index is 10.9. The van der Waals surface area contributed by atoms with E-state index in [0.29, 0.717) is 30.5 Å². The van der Waals surface area contributed by atoms with Crippen LogP contribution in [0.25, 0.3) is 0 Å². The SMILES string of the molecule is O=Cc1cc(CNCc2ccco2)c(Cl)c(N[SH](=O)=O)c1. The fourth-order valence-electron chi connectivity index (χ4n) is 1.82. The third-order valence-electron chi connectivity index (χ3n) is 2.71. The van der Waals surface area contributed by atoms with Crippen molar-refractivity contribution in [2.75, 3.05) is 4.72 Å². The summed E-state index contributed by atoms with van der Waals surface area (Å²) in [6, 6.07) is 6.60. The fourth-order valence-corrected chi connectivity index (χ4v) is 2.48. The van der Waals surface area contributed by atoms with Gasteiger partial charge in [-0.05, 0) is 29.8 Å². The number of nitrogens with one attached hydrogen (secondary N) is 2. The monoisotopic (exact) mass is 328 g/mol. The number of thiol groups is 1. The van der Waals surface area contributed by atoms with E-state index in [9.17, 15) is 13.2 Å². The van der Waals surface area contributed by atoms with Crippen LogP contribution in [-0.2, 0) is 24.0 Å². The van der Waals surface area contributed by atoms with Crippen molar-refractivity contribution in [3.8, 4) is 0 Å². The summed E-state index contributed by atoms with van der Waals surface area (Å²) in [6.45, 7) is 0.860. The lowest BCUT2D eigenvalue weighted by atomic mass is 10.1. The molecule has 21 heavy (non-hydrogen) atoms. The number of rotatable bonds is 7. The van der Waals surface area contributed by atoms with Gasteiger partial charge < -0.3 is 9.73 Å². The van der Waals surface area contributed by atoms with Gasteiger partial charge in [0, 0.05) is 12.1 Å². The Bertz CT molecular complexity index is 690. The fraction of sp³-hybridized carbons (Fsp3) is 0.154. The number of carbonyl (C=O) groups is 1. The van der Waals surface area contributed by atoms with Crippen molar-refractivity contribution >= 4 is 34.5 Å². The van der Waals surface area contributed by atoms with E-state index >= 15 is 0 Å². The van der Waals surface area contributed by atoms with Gasteiger partial charge in [0.15, 0.2) is 0 Å². The largest absolute Gasteiger partial charge is 0.468 e. The highest BCUT2D eigenvalue weighted by Gasteiger charge is 2.10. The lowest BCUT2D eigenvalue weighted by Crippen LogP contribution is -2.13. The molecule has 2 aromatic rings. The van der Waals surface area contributed by atoms with E-state index < -0.39 is 10.9 Å². The van der Waals surface area contributed by atoms with Crippen LogP contribution in [0.3, 0.4) is 0 Å². The van der Waals surface area contributed by atoms with Crippen molar-refractivity contribution in [1.29, 1.82) is 0 Å². The summed E-state index contributed by atoms with van der Waals surface area (Å²) in [5.74, 6) is 0.763. The number of anilines is 1. The lowest BCUT2D eigenvalue weighted by molar-refractivity contribution is 0.112. The van der Waals surface area contributed by atoms with E-state index in [2.05, 4.69) is 10.0 Å². The lowest BCUT2D eigenvalue weighted by Gasteiger charge is -2.10. The molecule has 2 N–H and O–H groups in total. The van der Waals surface area contributed by atoms with E-state index in [1.54, 1.807) is 18.4 Å². The first-order valence-electron chi connectivity index (χ1n) is 6.02. The first-order chi connectivity index (χ1) is 10.1. The van der Waals surface area contributed by atoms with Gasteiger partial charge in [-0.15, -0.1) is 0 Å². The molecule has 0 amide bonds. The molecule has 0 aliphatic carbocycles. The van der Waals surface area contributed by atoms with Gasteiger partial charge in [-0.2, -0.15) is 0 Å². The number of halogens is 1. The maximum atomic E-state index is 10.9. The molecule has 0 spiro atoms. The summed E-state index contributed by atoms with van der Waals surface area (Å²) >= 11 is 6.13. The Balaban J connectivity index is 2.15. The molecule has 1 aromatic carbocycles. The molecule has 0 saturated carbocycles. The molecular weight excluding hydrogens is 316 g/mol. The van der Waals surface area contributed by atoms with E-state index in [1.807, 2.05) is 6.07 Å². The molecule has 0 unspecified atom stereocenters. The molecule has 0 aliphatic heterocycles. The molecule has 0 atom stereocenters. The van der Waals surface area contributed by atoms with E-state index in [-0.39, 0.29) is 10.7 Å². The molecule has 1 aromatic heterocycles. The van der Waals surface area contributed by atoms with Crippen molar-refractivity contribution < 1.29 is 17.6 Å². The Labute approximate surface area is 128 Å². The Hall–Kier alpha value is -1.83. The van der Waals surface area contributed by atoms with Crippen molar-refractivity contribution in [1.82, 2.24) is 5.32 Å². The van der Waals surface area contributed by atoms with Crippen LogP contribution < -0.4 is 10.0 Å². The van der Waals surface area contributed by atoms with Crippen molar-refractivity contribution in [3.05, 3.63) is 52.4 Å². The normalized spacial score (nSPS) is 10.8. The molecule has 0 saturated heterocycles. The number of aldehydes is 1. The molecule has 0 bridgehead atoms. The average molecular weight is 329 g/mol. The minimum absolute atomic E-state index is 0.187. The quantitative estimate of drug-likeness (QED) is 0.534. The predicted molar refractivity (Wildman–Crippen MR) is 80.0 cm³/mol. The smallest absolute Gasteiger partial charge is 0.222 e. The zero-order valence-electron chi connectivity index (χ0n) is 10.8. The van der Waals surface area contributed by atoms with Crippen molar-refractivity contribution in [2.24, 2.45) is 0 Å². The number of furan rings is 1. The molecule has 8 heteroatoms. The summed E-state index contributed by atoms with van der Waals surface area (Å²) in [5, 5.41) is 3.36. The van der Waals surface area contributed by atoms with E-state index in [0.717, 1.165) is 5.76 Å². The van der Waals surface area contributed by atoms with E-state index in [1.165, 1.54) is 6.07 Å². The van der Waals surface area contributed by atoms with Crippen LogP contribution in [-0.4, -0.2) is 14.7 Å². The Morgan fingerprint density at radius 3 is 2.71 bits per heavy atom. The number of benzene rings is 1. The first kappa shape index (κ1) is 15.6. The van der Waals surface area contributed by atoms with Gasteiger partial charge in [0.25, 0.3) is 0 Å². The van der Waals surface area contributed by atoms with Gasteiger partial charge in [-0.25, -0.2) is 8.42 Å². The van der Waals surface area contributed by atoms with Gasteiger partial charge in [-0.3, -0.25) is 9.52 Å². The van der Waals surface area contributed by atoms with Gasteiger partial charge in [0.2, 0.25) is 10.9 Å². The minimum atomic E-state index is -2.85. The molecule has 0 fully saturated rings.